The molecular formula is C17H26O. The van der Waals surface area contributed by atoms with Crippen molar-refractivity contribution < 1.29 is 4.74 Å². The van der Waals surface area contributed by atoms with Gasteiger partial charge in [-0.1, -0.05) is 64.2 Å². The summed E-state index contributed by atoms with van der Waals surface area (Å²) in [4.78, 5) is 0. The summed E-state index contributed by atoms with van der Waals surface area (Å²) in [5.74, 6) is 1.83. The van der Waals surface area contributed by atoms with Gasteiger partial charge >= 0.3 is 0 Å². The second-order valence-electron chi connectivity index (χ2n) is 5.54. The van der Waals surface area contributed by atoms with Crippen LogP contribution in [0.4, 0.5) is 0 Å². The topological polar surface area (TPSA) is 9.23 Å². The van der Waals surface area contributed by atoms with E-state index < -0.39 is 0 Å². The maximum Gasteiger partial charge on any atom is 0.126 e. The fourth-order valence-corrected chi connectivity index (χ4v) is 2.84. The van der Waals surface area contributed by atoms with Crippen molar-refractivity contribution in [2.75, 3.05) is 6.61 Å². The Morgan fingerprint density at radius 3 is 2.83 bits per heavy atom. The average molecular weight is 246 g/mol. The van der Waals surface area contributed by atoms with Crippen LogP contribution in [0.2, 0.25) is 0 Å². The van der Waals surface area contributed by atoms with Crippen LogP contribution in [0, 0.1) is 0 Å². The van der Waals surface area contributed by atoms with Gasteiger partial charge in [0.05, 0.1) is 6.61 Å². The SMILES string of the molecule is CCCCCCCC(C)c1cccc2c1OCC2. The van der Waals surface area contributed by atoms with E-state index in [-0.39, 0.29) is 0 Å². The van der Waals surface area contributed by atoms with Gasteiger partial charge in [0.25, 0.3) is 0 Å². The molecule has 0 amide bonds. The van der Waals surface area contributed by atoms with E-state index >= 15 is 0 Å². The molecule has 1 aliphatic heterocycles. The number of unbranched alkanes of at least 4 members (excludes halogenated alkanes) is 4. The molecule has 100 valence electrons. The van der Waals surface area contributed by atoms with Crippen molar-refractivity contribution >= 4 is 0 Å². The summed E-state index contributed by atoms with van der Waals surface area (Å²) in [6, 6.07) is 6.65. The first-order valence-electron chi connectivity index (χ1n) is 7.57. The summed E-state index contributed by atoms with van der Waals surface area (Å²) in [5.41, 5.74) is 2.84. The van der Waals surface area contributed by atoms with E-state index in [2.05, 4.69) is 32.0 Å². The lowest BCUT2D eigenvalue weighted by molar-refractivity contribution is 0.350. The lowest BCUT2D eigenvalue weighted by Gasteiger charge is -2.15. The summed E-state index contributed by atoms with van der Waals surface area (Å²) in [7, 11) is 0. The van der Waals surface area contributed by atoms with Crippen molar-refractivity contribution in [1.82, 2.24) is 0 Å². The Kier molecular flexibility index (Phi) is 5.10. The van der Waals surface area contributed by atoms with Gasteiger partial charge in [-0.2, -0.15) is 0 Å². The Morgan fingerprint density at radius 2 is 2.00 bits per heavy atom. The summed E-state index contributed by atoms with van der Waals surface area (Å²) in [6.45, 7) is 5.49. The van der Waals surface area contributed by atoms with Crippen LogP contribution in [0.25, 0.3) is 0 Å². The van der Waals surface area contributed by atoms with Gasteiger partial charge in [0.15, 0.2) is 0 Å². The average Bonchev–Trinajstić information content (AvgIpc) is 2.86. The largest absolute Gasteiger partial charge is 0.493 e. The minimum atomic E-state index is 0.639. The minimum Gasteiger partial charge on any atom is -0.493 e. The molecule has 1 aromatic rings. The molecule has 1 heterocycles. The third kappa shape index (κ3) is 3.28. The lowest BCUT2D eigenvalue weighted by atomic mass is 9.92. The molecule has 1 aliphatic rings. The molecule has 1 aromatic carbocycles. The van der Waals surface area contributed by atoms with Gasteiger partial charge < -0.3 is 4.74 Å². The predicted molar refractivity (Wildman–Crippen MR) is 77.4 cm³/mol. The standard InChI is InChI=1S/C17H26O/c1-3-4-5-6-7-9-14(2)16-11-8-10-15-12-13-18-17(15)16/h8,10-11,14H,3-7,9,12-13H2,1-2H3. The van der Waals surface area contributed by atoms with Gasteiger partial charge in [-0.3, -0.25) is 0 Å². The van der Waals surface area contributed by atoms with Crippen molar-refractivity contribution in [2.45, 2.75) is 64.7 Å². The van der Waals surface area contributed by atoms with E-state index in [1.807, 2.05) is 0 Å². The van der Waals surface area contributed by atoms with E-state index in [0.717, 1.165) is 13.0 Å². The predicted octanol–water partition coefficient (Wildman–Crippen LogP) is 5.09. The molecule has 0 radical (unpaired) electrons. The molecule has 0 N–H and O–H groups in total. The third-order valence-electron chi connectivity index (χ3n) is 4.02. The van der Waals surface area contributed by atoms with Gasteiger partial charge in [-0.25, -0.2) is 0 Å². The molecule has 0 bridgehead atoms. The highest BCUT2D eigenvalue weighted by Crippen LogP contribution is 2.36. The van der Waals surface area contributed by atoms with Crippen molar-refractivity contribution in [2.24, 2.45) is 0 Å². The van der Waals surface area contributed by atoms with Crippen molar-refractivity contribution in [1.29, 1.82) is 0 Å². The van der Waals surface area contributed by atoms with Crippen LogP contribution in [0.15, 0.2) is 18.2 Å². The lowest BCUT2D eigenvalue weighted by Crippen LogP contribution is -1.97. The Bertz CT molecular complexity index is 370. The van der Waals surface area contributed by atoms with Gasteiger partial charge in [0.2, 0.25) is 0 Å². The fraction of sp³-hybridized carbons (Fsp3) is 0.647. The molecule has 0 saturated heterocycles. The monoisotopic (exact) mass is 246 g/mol. The molecule has 2 rings (SSSR count). The van der Waals surface area contributed by atoms with Crippen molar-refractivity contribution in [3.63, 3.8) is 0 Å². The smallest absolute Gasteiger partial charge is 0.126 e. The van der Waals surface area contributed by atoms with Crippen LogP contribution < -0.4 is 4.74 Å². The highest BCUT2D eigenvalue weighted by atomic mass is 16.5. The van der Waals surface area contributed by atoms with Gasteiger partial charge in [0.1, 0.15) is 5.75 Å². The first kappa shape index (κ1) is 13.5. The van der Waals surface area contributed by atoms with Crippen LogP contribution in [0.3, 0.4) is 0 Å². The first-order chi connectivity index (χ1) is 8.83. The van der Waals surface area contributed by atoms with E-state index in [4.69, 9.17) is 4.74 Å². The molecule has 1 nitrogen and oxygen atoms in total. The Hall–Kier alpha value is -0.980. The maximum absolute atomic E-state index is 5.80. The normalized spacial score (nSPS) is 15.2. The highest BCUT2D eigenvalue weighted by Gasteiger charge is 2.19. The second kappa shape index (κ2) is 6.82. The summed E-state index contributed by atoms with van der Waals surface area (Å²) < 4.78 is 5.80. The molecule has 18 heavy (non-hydrogen) atoms. The third-order valence-corrected chi connectivity index (χ3v) is 4.02. The van der Waals surface area contributed by atoms with Gasteiger partial charge in [0, 0.05) is 6.42 Å². The Labute approximate surface area is 112 Å². The van der Waals surface area contributed by atoms with Crippen LogP contribution in [0.1, 0.15) is 69.4 Å². The number of para-hydroxylation sites is 1. The summed E-state index contributed by atoms with van der Waals surface area (Å²) >= 11 is 0. The Morgan fingerprint density at radius 1 is 1.17 bits per heavy atom. The van der Waals surface area contributed by atoms with Gasteiger partial charge in [-0.05, 0) is 23.5 Å². The molecule has 0 aromatic heterocycles. The van der Waals surface area contributed by atoms with E-state index in [9.17, 15) is 0 Å². The molecule has 1 unspecified atom stereocenters. The number of hydrogen-bond acceptors (Lipinski definition) is 1. The van der Waals surface area contributed by atoms with Gasteiger partial charge in [-0.15, -0.1) is 0 Å². The van der Waals surface area contributed by atoms with Crippen LogP contribution >= 0.6 is 0 Å². The zero-order valence-electron chi connectivity index (χ0n) is 11.9. The maximum atomic E-state index is 5.80. The number of hydrogen-bond donors (Lipinski definition) is 0. The fourth-order valence-electron chi connectivity index (χ4n) is 2.84. The summed E-state index contributed by atoms with van der Waals surface area (Å²) in [5, 5.41) is 0. The van der Waals surface area contributed by atoms with Crippen molar-refractivity contribution in [3.8, 4) is 5.75 Å². The van der Waals surface area contributed by atoms with E-state index in [1.165, 1.54) is 55.4 Å². The molecule has 0 saturated carbocycles. The Balaban J connectivity index is 1.85. The zero-order chi connectivity index (χ0) is 12.8. The number of fused-ring (bicyclic) bond motifs is 1. The molecule has 0 aliphatic carbocycles. The van der Waals surface area contributed by atoms with E-state index in [0.29, 0.717) is 5.92 Å². The number of ether oxygens (including phenoxy) is 1. The van der Waals surface area contributed by atoms with Crippen LogP contribution in [0.5, 0.6) is 5.75 Å². The second-order valence-corrected chi connectivity index (χ2v) is 5.54. The van der Waals surface area contributed by atoms with E-state index in [1.54, 1.807) is 0 Å². The molecular weight excluding hydrogens is 220 g/mol. The minimum absolute atomic E-state index is 0.639. The molecule has 0 fully saturated rings. The zero-order valence-corrected chi connectivity index (χ0v) is 11.9. The first-order valence-corrected chi connectivity index (χ1v) is 7.57. The molecule has 1 atom stereocenters. The number of rotatable bonds is 7. The van der Waals surface area contributed by atoms with Crippen LogP contribution in [-0.4, -0.2) is 6.61 Å². The quantitative estimate of drug-likeness (QED) is 0.609. The van der Waals surface area contributed by atoms with Crippen LogP contribution in [-0.2, 0) is 6.42 Å². The summed E-state index contributed by atoms with van der Waals surface area (Å²) in [6.07, 6.45) is 9.23. The van der Waals surface area contributed by atoms with Crippen molar-refractivity contribution in [3.05, 3.63) is 29.3 Å². The molecule has 1 heteroatoms. The highest BCUT2D eigenvalue weighted by molar-refractivity contribution is 5.45. The molecule has 0 spiro atoms. The number of benzene rings is 1.